The molecule has 230 valence electrons. The molecule has 0 aliphatic rings. The summed E-state index contributed by atoms with van der Waals surface area (Å²) in [5.74, 6) is 1.90. The number of amides is 1. The van der Waals surface area contributed by atoms with E-state index in [1.165, 1.54) is 57.8 Å². The number of pyridine rings is 1. The molecule has 0 N–H and O–H groups in total. The van der Waals surface area contributed by atoms with Crippen LogP contribution >= 0.6 is 0 Å². The number of halogens is 1. The molecule has 0 radical (unpaired) electrons. The number of hydrogen-bond acceptors (Lipinski definition) is 4. The van der Waals surface area contributed by atoms with Crippen molar-refractivity contribution in [2.45, 2.75) is 84.2 Å². The van der Waals surface area contributed by atoms with E-state index in [4.69, 9.17) is 14.2 Å². The van der Waals surface area contributed by atoms with Gasteiger partial charge in [0.05, 0.1) is 26.4 Å². The number of hydrogen-bond donors (Lipinski definition) is 0. The van der Waals surface area contributed by atoms with E-state index in [0.717, 1.165) is 23.4 Å². The quantitative estimate of drug-likeness (QED) is 0.104. The zero-order valence-corrected chi connectivity index (χ0v) is 28.1. The van der Waals surface area contributed by atoms with Crippen LogP contribution in [-0.4, -0.2) is 31.6 Å². The van der Waals surface area contributed by atoms with Crippen molar-refractivity contribution in [2.75, 3.05) is 20.8 Å². The summed E-state index contributed by atoms with van der Waals surface area (Å²) in [6.07, 6.45) is 14.9. The highest BCUT2D eigenvalue weighted by Gasteiger charge is 2.23. The number of methoxy groups -OCH3 is 2. The third-order valence-corrected chi connectivity index (χ3v) is 7.50. The first kappa shape index (κ1) is 35.4. The number of carbonyl (C=O) groups is 1. The van der Waals surface area contributed by atoms with Gasteiger partial charge in [-0.1, -0.05) is 89.0 Å². The van der Waals surface area contributed by atoms with Crippen LogP contribution in [0.5, 0.6) is 17.2 Å². The van der Waals surface area contributed by atoms with Crippen molar-refractivity contribution < 1.29 is 47.5 Å². The average molecular weight is 689 g/mol. The summed E-state index contributed by atoms with van der Waals surface area (Å²) >= 11 is 0. The summed E-state index contributed by atoms with van der Waals surface area (Å²) in [5.41, 5.74) is 2.53. The molecule has 0 aliphatic heterocycles. The van der Waals surface area contributed by atoms with Crippen LogP contribution in [0, 0.1) is 0 Å². The monoisotopic (exact) mass is 688 g/mol. The number of aromatic nitrogens is 1. The Morgan fingerprint density at radius 2 is 1.38 bits per heavy atom. The Morgan fingerprint density at radius 1 is 0.738 bits per heavy atom. The van der Waals surface area contributed by atoms with Gasteiger partial charge in [-0.15, -0.1) is 0 Å². The largest absolute Gasteiger partial charge is 1.00 e. The van der Waals surface area contributed by atoms with Crippen molar-refractivity contribution in [3.63, 3.8) is 0 Å². The van der Waals surface area contributed by atoms with Crippen LogP contribution in [0.15, 0.2) is 66.9 Å². The minimum atomic E-state index is -0.0912. The van der Waals surface area contributed by atoms with Crippen molar-refractivity contribution in [3.05, 3.63) is 83.7 Å². The van der Waals surface area contributed by atoms with Gasteiger partial charge in [0.15, 0.2) is 17.7 Å². The van der Waals surface area contributed by atoms with Gasteiger partial charge < -0.3 is 43.1 Å². The Balaban J connectivity index is 0.00000616. The second kappa shape index (κ2) is 20.2. The van der Waals surface area contributed by atoms with Crippen molar-refractivity contribution in [1.29, 1.82) is 0 Å². The molecule has 3 aromatic rings. The molecule has 3 rings (SSSR count). The molecule has 2 aromatic carbocycles. The van der Waals surface area contributed by atoms with Gasteiger partial charge in [-0.25, -0.2) is 4.57 Å². The summed E-state index contributed by atoms with van der Waals surface area (Å²) < 4.78 is 19.3. The van der Waals surface area contributed by atoms with E-state index in [2.05, 4.69) is 6.92 Å². The number of carbonyl (C=O) groups excluding carboxylic acids is 1. The molecule has 0 saturated carbocycles. The van der Waals surface area contributed by atoms with Crippen LogP contribution in [0.1, 0.15) is 92.7 Å². The fourth-order valence-corrected chi connectivity index (χ4v) is 5.03. The minimum absolute atomic E-state index is 0. The van der Waals surface area contributed by atoms with Gasteiger partial charge in [-0.05, 0) is 36.2 Å². The maximum absolute atomic E-state index is 13.8. The topological polar surface area (TPSA) is 51.9 Å². The van der Waals surface area contributed by atoms with E-state index < -0.39 is 0 Å². The molecule has 1 aromatic heterocycles. The predicted molar refractivity (Wildman–Crippen MR) is 165 cm³/mol. The van der Waals surface area contributed by atoms with Crippen molar-refractivity contribution >= 4 is 5.91 Å². The van der Waals surface area contributed by atoms with Crippen LogP contribution in [0.2, 0.25) is 0 Å². The summed E-state index contributed by atoms with van der Waals surface area (Å²) in [7, 11) is 5.24. The average Bonchev–Trinajstić information content (AvgIpc) is 3.00. The Kier molecular flexibility index (Phi) is 17.0. The van der Waals surface area contributed by atoms with E-state index >= 15 is 0 Å². The molecular formula is C35H49IN2O4. The van der Waals surface area contributed by atoms with E-state index in [1.54, 1.807) is 14.2 Å². The highest BCUT2D eigenvalue weighted by Crippen LogP contribution is 2.30. The van der Waals surface area contributed by atoms with Crippen molar-refractivity contribution in [2.24, 2.45) is 7.05 Å². The summed E-state index contributed by atoms with van der Waals surface area (Å²) in [6.45, 7) is 3.81. The van der Waals surface area contributed by atoms with Crippen LogP contribution in [0.3, 0.4) is 0 Å². The Morgan fingerprint density at radius 3 is 2.05 bits per heavy atom. The molecule has 0 aliphatic carbocycles. The molecule has 0 fully saturated rings. The molecule has 7 heteroatoms. The van der Waals surface area contributed by atoms with Gasteiger partial charge in [-0.2, -0.15) is 0 Å². The van der Waals surface area contributed by atoms with Crippen LogP contribution in [0.25, 0.3) is 0 Å². The maximum Gasteiger partial charge on any atom is 0.258 e. The van der Waals surface area contributed by atoms with Gasteiger partial charge in [0.25, 0.3) is 5.91 Å². The Hall–Kier alpha value is -2.81. The number of nitrogens with zero attached hydrogens (tertiary/aromatic N) is 2. The molecule has 0 saturated heterocycles. The number of para-hydroxylation sites is 1. The highest BCUT2D eigenvalue weighted by molar-refractivity contribution is 5.96. The third kappa shape index (κ3) is 11.5. The normalized spacial score (nSPS) is 10.6. The van der Waals surface area contributed by atoms with Gasteiger partial charge in [0.1, 0.15) is 19.3 Å². The second-order valence-electron chi connectivity index (χ2n) is 10.7. The van der Waals surface area contributed by atoms with E-state index in [9.17, 15) is 4.79 Å². The van der Waals surface area contributed by atoms with E-state index in [0.29, 0.717) is 36.8 Å². The number of ether oxygens (including phenoxy) is 3. The molecule has 6 nitrogen and oxygen atoms in total. The third-order valence-electron chi connectivity index (χ3n) is 7.50. The lowest BCUT2D eigenvalue weighted by Gasteiger charge is -2.23. The van der Waals surface area contributed by atoms with Gasteiger partial charge >= 0.3 is 0 Å². The van der Waals surface area contributed by atoms with Crippen LogP contribution < -0.4 is 42.8 Å². The lowest BCUT2D eigenvalue weighted by molar-refractivity contribution is -0.680. The maximum atomic E-state index is 13.8. The SMILES string of the molecule is CCCCCCCCCCCCOc1ccc(CN(Cc2cccc[n+]2C)C(=O)c2ccccc2OC)cc1OC.[I-]. The minimum Gasteiger partial charge on any atom is -1.00 e. The first-order chi connectivity index (χ1) is 20.1. The number of rotatable bonds is 19. The Bertz CT molecular complexity index is 1200. The highest BCUT2D eigenvalue weighted by atomic mass is 127. The zero-order chi connectivity index (χ0) is 29.3. The standard InChI is InChI=1S/C35H49N2O4.HI/c1-5-6-7-8-9-10-11-12-13-18-25-41-33-23-22-29(26-34(33)40-4)27-37(28-30-19-16-17-24-36(30)2)35(38)31-20-14-15-21-32(31)39-3;/h14-17,19-24,26H,5-13,18,25,27-28H2,1-4H3;1H/q+1;/p-1. The number of aryl methyl sites for hydroxylation is 1. The molecule has 42 heavy (non-hydrogen) atoms. The first-order valence-electron chi connectivity index (χ1n) is 15.2. The molecule has 1 heterocycles. The smallest absolute Gasteiger partial charge is 0.258 e. The van der Waals surface area contributed by atoms with Gasteiger partial charge in [0, 0.05) is 18.7 Å². The molecule has 0 spiro atoms. The summed E-state index contributed by atoms with van der Waals surface area (Å²) in [5, 5.41) is 0. The number of benzene rings is 2. The molecule has 0 bridgehead atoms. The van der Waals surface area contributed by atoms with Crippen LogP contribution in [0.4, 0.5) is 0 Å². The van der Waals surface area contributed by atoms with Gasteiger partial charge in [-0.3, -0.25) is 4.79 Å². The molecule has 0 atom stereocenters. The fraction of sp³-hybridized carbons (Fsp3) is 0.486. The summed E-state index contributed by atoms with van der Waals surface area (Å²) in [4.78, 5) is 15.6. The lowest BCUT2D eigenvalue weighted by atomic mass is 10.1. The fourth-order valence-electron chi connectivity index (χ4n) is 5.03. The number of unbranched alkanes of at least 4 members (excludes halogenated alkanes) is 9. The molecular weight excluding hydrogens is 639 g/mol. The van der Waals surface area contributed by atoms with Gasteiger partial charge in [0.2, 0.25) is 5.69 Å². The summed E-state index contributed by atoms with van der Waals surface area (Å²) in [6, 6.07) is 19.3. The zero-order valence-electron chi connectivity index (χ0n) is 25.9. The van der Waals surface area contributed by atoms with E-state index in [1.807, 2.05) is 83.4 Å². The Labute approximate surface area is 270 Å². The van der Waals surface area contributed by atoms with Crippen molar-refractivity contribution in [1.82, 2.24) is 4.90 Å². The van der Waals surface area contributed by atoms with Crippen LogP contribution in [-0.2, 0) is 20.1 Å². The lowest BCUT2D eigenvalue weighted by Crippen LogP contribution is -3.00. The first-order valence-corrected chi connectivity index (χ1v) is 15.2. The molecule has 1 amide bonds. The van der Waals surface area contributed by atoms with E-state index in [-0.39, 0.29) is 29.9 Å². The van der Waals surface area contributed by atoms with Crippen molar-refractivity contribution in [3.8, 4) is 17.2 Å². The predicted octanol–water partition coefficient (Wildman–Crippen LogP) is 4.67. The molecule has 0 unspecified atom stereocenters. The second-order valence-corrected chi connectivity index (χ2v) is 10.7.